The lowest BCUT2D eigenvalue weighted by Crippen LogP contribution is -2.30. The number of hydrogen-bond donors (Lipinski definition) is 3. The average Bonchev–Trinajstić information content (AvgIpc) is 1.05. The molecule has 0 aliphatic carbocycles. The number of hydrogen-bond acceptors (Lipinski definition) is 15. The smallest absolute Gasteiger partial charge is 0.462 e. The number of esters is 4. The molecule has 5 atom stereocenters. The van der Waals surface area contributed by atoms with Gasteiger partial charge in [-0.2, -0.15) is 0 Å². The summed E-state index contributed by atoms with van der Waals surface area (Å²) in [4.78, 5) is 72.8. The van der Waals surface area contributed by atoms with Gasteiger partial charge >= 0.3 is 39.5 Å². The molecule has 0 rings (SSSR count). The molecule has 0 heterocycles. The van der Waals surface area contributed by atoms with Gasteiger partial charge in [0, 0.05) is 25.7 Å². The second-order valence-electron chi connectivity index (χ2n) is 28.4. The lowest BCUT2D eigenvalue weighted by atomic mass is 10.0. The van der Waals surface area contributed by atoms with Crippen LogP contribution in [0.15, 0.2) is 24.3 Å². The van der Waals surface area contributed by atoms with Gasteiger partial charge in [0.2, 0.25) is 0 Å². The summed E-state index contributed by atoms with van der Waals surface area (Å²) in [5.41, 5.74) is 0. The summed E-state index contributed by atoms with van der Waals surface area (Å²) >= 11 is 0. The van der Waals surface area contributed by atoms with Crippen LogP contribution in [0.3, 0.4) is 0 Å². The van der Waals surface area contributed by atoms with Gasteiger partial charge in [-0.05, 0) is 63.2 Å². The number of allylic oxidation sites excluding steroid dienone is 4. The highest BCUT2D eigenvalue weighted by atomic mass is 31.2. The molecule has 3 N–H and O–H groups in total. The molecule has 0 radical (unpaired) electrons. The summed E-state index contributed by atoms with van der Waals surface area (Å²) in [7, 11) is -9.93. The molecule has 17 nitrogen and oxygen atoms in total. The van der Waals surface area contributed by atoms with Crippen LogP contribution in [-0.2, 0) is 65.4 Å². The van der Waals surface area contributed by atoms with Gasteiger partial charge in [0.25, 0.3) is 0 Å². The number of carbonyl (C=O) groups is 4. The molecule has 0 fully saturated rings. The number of unbranched alkanes of at least 4 members (excludes halogenated alkanes) is 42. The van der Waals surface area contributed by atoms with E-state index in [4.69, 9.17) is 37.0 Å². The molecule has 0 bridgehead atoms. The maximum absolute atomic E-state index is 13.1. The normalized spacial score (nSPS) is 14.1. The zero-order valence-corrected chi connectivity index (χ0v) is 64.7. The second kappa shape index (κ2) is 69.3. The Labute approximate surface area is 592 Å². The van der Waals surface area contributed by atoms with E-state index in [-0.39, 0.29) is 25.7 Å². The van der Waals surface area contributed by atoms with Crippen LogP contribution < -0.4 is 0 Å². The van der Waals surface area contributed by atoms with Gasteiger partial charge in [-0.3, -0.25) is 37.3 Å². The molecule has 0 saturated heterocycles. The van der Waals surface area contributed by atoms with Crippen molar-refractivity contribution in [3.8, 4) is 0 Å². The summed E-state index contributed by atoms with van der Waals surface area (Å²) in [5, 5.41) is 10.6. The number of rotatable bonds is 75. The zero-order chi connectivity index (χ0) is 71.4. The Hall–Kier alpha value is -2.46. The standard InChI is InChI=1S/C78H148O17P2/c1-7-9-11-13-15-17-19-21-24-29-33-37-41-48-54-60-75(80)88-66-73(94-77(82)62-57-51-43-39-35-31-27-23-26-28-32-36-40-46-52-58-70(3)4)68-92-96(84,85)90-64-72(79)65-91-97(86,87)93-69-74(67-89-76(81)61-55-49-45-44-47-53-59-71(5)6)95-78(83)63-56-50-42-38-34-30-25-22-20-18-16-14-12-10-8-2/h17,19,21,24,70-74,79H,7-16,18,20,22-23,25-69H2,1-6H3,(H,84,85)(H,86,87)/b19-17-,24-21-/t72-,73-,74-/m1/s1. The summed E-state index contributed by atoms with van der Waals surface area (Å²) < 4.78 is 68.5. The molecule has 0 aromatic carbocycles. The summed E-state index contributed by atoms with van der Waals surface area (Å²) in [6.45, 7) is 9.49. The largest absolute Gasteiger partial charge is 0.472 e. The molecule has 97 heavy (non-hydrogen) atoms. The maximum atomic E-state index is 13.1. The summed E-state index contributed by atoms with van der Waals surface area (Å²) in [6.07, 6.45) is 60.6. The molecule has 2 unspecified atom stereocenters. The quantitative estimate of drug-likeness (QED) is 0.0169. The first-order valence-corrected chi connectivity index (χ1v) is 42.8. The Kier molecular flexibility index (Phi) is 67.5. The van der Waals surface area contributed by atoms with Gasteiger partial charge in [0.1, 0.15) is 19.3 Å². The first-order valence-electron chi connectivity index (χ1n) is 39.8. The SMILES string of the molecule is CCCCCC/C=C\C=C/CCCCCCCC(=O)OC[C@H](COP(=O)(O)OC[C@@H](O)COP(=O)(O)OC[C@@H](COC(=O)CCCCCCCCC(C)C)OC(=O)CCCCCCCCCCCCCCCCC)OC(=O)CCCCCCCCCCCCCCCCCC(C)C. The molecule has 0 aromatic heterocycles. The van der Waals surface area contributed by atoms with Crippen molar-refractivity contribution in [2.45, 2.75) is 400 Å². The molecule has 0 aromatic rings. The fourth-order valence-corrected chi connectivity index (χ4v) is 13.0. The van der Waals surface area contributed by atoms with E-state index in [9.17, 15) is 43.2 Å². The van der Waals surface area contributed by atoms with E-state index in [2.05, 4.69) is 65.8 Å². The van der Waals surface area contributed by atoms with Crippen LogP contribution in [0.4, 0.5) is 0 Å². The number of aliphatic hydroxyl groups is 1. The van der Waals surface area contributed by atoms with Crippen LogP contribution in [0.25, 0.3) is 0 Å². The Morgan fingerprint density at radius 3 is 0.845 bits per heavy atom. The van der Waals surface area contributed by atoms with Crippen molar-refractivity contribution < 1.29 is 80.2 Å². The lowest BCUT2D eigenvalue weighted by molar-refractivity contribution is -0.161. The highest BCUT2D eigenvalue weighted by Gasteiger charge is 2.30. The maximum Gasteiger partial charge on any atom is 0.472 e. The van der Waals surface area contributed by atoms with Crippen LogP contribution in [0.2, 0.25) is 0 Å². The van der Waals surface area contributed by atoms with Gasteiger partial charge in [-0.25, -0.2) is 9.13 Å². The van der Waals surface area contributed by atoms with Gasteiger partial charge < -0.3 is 33.8 Å². The Morgan fingerprint density at radius 2 is 0.557 bits per heavy atom. The monoisotopic (exact) mass is 1420 g/mol. The number of phosphoric ester groups is 2. The molecule has 0 saturated carbocycles. The molecule has 572 valence electrons. The minimum absolute atomic E-state index is 0.101. The van der Waals surface area contributed by atoms with E-state index in [0.29, 0.717) is 31.6 Å². The fourth-order valence-electron chi connectivity index (χ4n) is 11.5. The van der Waals surface area contributed by atoms with Gasteiger partial charge in [0.05, 0.1) is 26.4 Å². The van der Waals surface area contributed by atoms with Crippen molar-refractivity contribution in [2.24, 2.45) is 11.8 Å². The third-order valence-corrected chi connectivity index (χ3v) is 19.5. The first kappa shape index (κ1) is 94.5. The molecule has 0 aliphatic rings. The molecule has 0 spiro atoms. The van der Waals surface area contributed by atoms with E-state index in [1.165, 1.54) is 173 Å². The zero-order valence-electron chi connectivity index (χ0n) is 62.9. The van der Waals surface area contributed by atoms with E-state index < -0.39 is 97.5 Å². The van der Waals surface area contributed by atoms with E-state index in [1.807, 2.05) is 0 Å². The number of carbonyl (C=O) groups excluding carboxylic acids is 4. The topological polar surface area (TPSA) is 237 Å². The molecular weight excluding hydrogens is 1270 g/mol. The van der Waals surface area contributed by atoms with E-state index in [0.717, 1.165) is 121 Å². The van der Waals surface area contributed by atoms with E-state index in [1.54, 1.807) is 0 Å². The summed E-state index contributed by atoms with van der Waals surface area (Å²) in [6, 6.07) is 0. The Balaban J connectivity index is 5.26. The molecular formula is C78H148O17P2. The van der Waals surface area contributed by atoms with Crippen LogP contribution >= 0.6 is 15.6 Å². The Bertz CT molecular complexity index is 1970. The van der Waals surface area contributed by atoms with Gasteiger partial charge in [-0.1, -0.05) is 329 Å². The second-order valence-corrected chi connectivity index (χ2v) is 31.3. The van der Waals surface area contributed by atoms with Crippen LogP contribution in [0.5, 0.6) is 0 Å². The number of phosphoric acid groups is 2. The predicted octanol–water partition coefficient (Wildman–Crippen LogP) is 22.7. The Morgan fingerprint density at radius 1 is 0.320 bits per heavy atom. The lowest BCUT2D eigenvalue weighted by Gasteiger charge is -2.21. The van der Waals surface area contributed by atoms with Crippen LogP contribution in [-0.4, -0.2) is 96.7 Å². The highest BCUT2D eigenvalue weighted by molar-refractivity contribution is 7.47. The van der Waals surface area contributed by atoms with Crippen LogP contribution in [0, 0.1) is 11.8 Å². The molecule has 19 heteroatoms. The van der Waals surface area contributed by atoms with Crippen molar-refractivity contribution in [2.75, 3.05) is 39.6 Å². The average molecular weight is 1420 g/mol. The number of aliphatic hydroxyl groups excluding tert-OH is 1. The third kappa shape index (κ3) is 71.7. The molecule has 0 amide bonds. The highest BCUT2D eigenvalue weighted by Crippen LogP contribution is 2.45. The van der Waals surface area contributed by atoms with Crippen LogP contribution in [0.1, 0.15) is 382 Å². The van der Waals surface area contributed by atoms with Crippen molar-refractivity contribution in [1.82, 2.24) is 0 Å². The third-order valence-electron chi connectivity index (χ3n) is 17.6. The van der Waals surface area contributed by atoms with Crippen molar-refractivity contribution >= 4 is 39.5 Å². The van der Waals surface area contributed by atoms with Gasteiger partial charge in [0.15, 0.2) is 12.2 Å². The fraction of sp³-hybridized carbons (Fsp3) is 0.897. The summed E-state index contributed by atoms with van der Waals surface area (Å²) in [5.74, 6) is -0.666. The predicted molar refractivity (Wildman–Crippen MR) is 395 cm³/mol. The first-order chi connectivity index (χ1) is 46.9. The number of ether oxygens (including phenoxy) is 4. The minimum Gasteiger partial charge on any atom is -0.462 e. The van der Waals surface area contributed by atoms with Crippen molar-refractivity contribution in [1.29, 1.82) is 0 Å². The van der Waals surface area contributed by atoms with Crippen molar-refractivity contribution in [3.05, 3.63) is 24.3 Å². The van der Waals surface area contributed by atoms with Crippen molar-refractivity contribution in [3.63, 3.8) is 0 Å². The van der Waals surface area contributed by atoms with Gasteiger partial charge in [-0.15, -0.1) is 0 Å². The molecule has 0 aliphatic heterocycles. The van der Waals surface area contributed by atoms with E-state index >= 15 is 0 Å². The minimum atomic E-state index is -4.97.